The second-order valence-electron chi connectivity index (χ2n) is 3.94. The van der Waals surface area contributed by atoms with Gasteiger partial charge in [-0.3, -0.25) is 4.79 Å². The molecule has 11 heavy (non-hydrogen) atoms. The van der Waals surface area contributed by atoms with E-state index in [1.54, 1.807) is 0 Å². The van der Waals surface area contributed by atoms with Crippen LogP contribution in [0.15, 0.2) is 11.6 Å². The lowest BCUT2D eigenvalue weighted by Gasteiger charge is -2.27. The van der Waals surface area contributed by atoms with Crippen molar-refractivity contribution in [2.24, 2.45) is 11.3 Å². The van der Waals surface area contributed by atoms with Gasteiger partial charge in [0, 0.05) is 17.8 Å². The molecule has 0 N–H and O–H groups in total. The highest BCUT2D eigenvalue weighted by molar-refractivity contribution is 5.85. The fraction of sp³-hybridized carbons (Fsp3) is 0.700. The van der Waals surface area contributed by atoms with Gasteiger partial charge in [-0.1, -0.05) is 18.6 Å². The number of rotatable bonds is 0. The monoisotopic (exact) mass is 150 g/mol. The first kappa shape index (κ1) is 7.08. The summed E-state index contributed by atoms with van der Waals surface area (Å²) in [6, 6.07) is 0. The van der Waals surface area contributed by atoms with Gasteiger partial charge in [0.1, 0.15) is 5.78 Å². The van der Waals surface area contributed by atoms with Gasteiger partial charge in [0.2, 0.25) is 0 Å². The van der Waals surface area contributed by atoms with Crippen molar-refractivity contribution in [1.82, 2.24) is 0 Å². The first-order valence-corrected chi connectivity index (χ1v) is 4.37. The lowest BCUT2D eigenvalue weighted by Crippen LogP contribution is -2.26. The van der Waals surface area contributed by atoms with Gasteiger partial charge in [-0.2, -0.15) is 0 Å². The summed E-state index contributed by atoms with van der Waals surface area (Å²) in [5, 5.41) is 0. The smallest absolute Gasteiger partial charge is 0.140 e. The predicted molar refractivity (Wildman–Crippen MR) is 44.2 cm³/mol. The summed E-state index contributed by atoms with van der Waals surface area (Å²) in [5.74, 6) is 0.737. The summed E-state index contributed by atoms with van der Waals surface area (Å²) >= 11 is 0. The van der Waals surface area contributed by atoms with E-state index < -0.39 is 0 Å². The Hall–Kier alpha value is -0.590. The largest absolute Gasteiger partial charge is 0.299 e. The molecule has 0 aromatic heterocycles. The number of carbonyl (C=O) groups is 1. The summed E-state index contributed by atoms with van der Waals surface area (Å²) in [6.07, 6.45) is 5.27. The van der Waals surface area contributed by atoms with Crippen molar-refractivity contribution >= 4 is 5.78 Å². The van der Waals surface area contributed by atoms with Crippen LogP contribution in [0.3, 0.4) is 0 Å². The van der Waals surface area contributed by atoms with Crippen molar-refractivity contribution in [1.29, 1.82) is 0 Å². The molecule has 1 saturated carbocycles. The number of allylic oxidation sites excluding steroid dienone is 2. The molecule has 2 aliphatic carbocycles. The van der Waals surface area contributed by atoms with Crippen LogP contribution in [0.1, 0.15) is 33.1 Å². The quantitative estimate of drug-likeness (QED) is 0.484. The van der Waals surface area contributed by atoms with Crippen LogP contribution in [0.25, 0.3) is 0 Å². The molecule has 1 nitrogen and oxygen atoms in total. The summed E-state index contributed by atoms with van der Waals surface area (Å²) < 4.78 is 0. The van der Waals surface area contributed by atoms with Crippen LogP contribution >= 0.6 is 0 Å². The molecule has 1 spiro atoms. The van der Waals surface area contributed by atoms with Crippen molar-refractivity contribution in [3.8, 4) is 0 Å². The van der Waals surface area contributed by atoms with Crippen LogP contribution in [0.5, 0.6) is 0 Å². The Morgan fingerprint density at radius 3 is 2.64 bits per heavy atom. The molecule has 0 saturated heterocycles. The van der Waals surface area contributed by atoms with E-state index in [9.17, 15) is 4.79 Å². The molecule has 1 fully saturated rings. The third-order valence-corrected chi connectivity index (χ3v) is 3.50. The Kier molecular flexibility index (Phi) is 1.26. The van der Waals surface area contributed by atoms with Crippen LogP contribution in [-0.4, -0.2) is 5.78 Å². The van der Waals surface area contributed by atoms with Crippen LogP contribution in [0.4, 0.5) is 0 Å². The number of carbonyl (C=O) groups excluding carboxylic acids is 1. The molecule has 0 aromatic carbocycles. The van der Waals surface area contributed by atoms with Gasteiger partial charge in [-0.15, -0.1) is 0 Å². The second kappa shape index (κ2) is 1.96. The van der Waals surface area contributed by atoms with Gasteiger partial charge in [0.05, 0.1) is 0 Å². The van der Waals surface area contributed by atoms with Crippen molar-refractivity contribution in [2.45, 2.75) is 33.1 Å². The number of ketones is 1. The highest BCUT2D eigenvalue weighted by Crippen LogP contribution is 2.59. The van der Waals surface area contributed by atoms with E-state index in [0.29, 0.717) is 23.5 Å². The van der Waals surface area contributed by atoms with E-state index in [1.807, 2.05) is 0 Å². The van der Waals surface area contributed by atoms with Gasteiger partial charge in [0.15, 0.2) is 0 Å². The first-order chi connectivity index (χ1) is 5.17. The Bertz CT molecular complexity index is 233. The molecule has 2 aliphatic rings. The molecule has 0 bridgehead atoms. The SMILES string of the molecule is CC1=CCC(=O)C(C)C12CC2. The van der Waals surface area contributed by atoms with Gasteiger partial charge < -0.3 is 0 Å². The van der Waals surface area contributed by atoms with E-state index in [1.165, 1.54) is 18.4 Å². The second-order valence-corrected chi connectivity index (χ2v) is 3.94. The normalized spacial score (nSPS) is 33.8. The lowest BCUT2D eigenvalue weighted by atomic mass is 9.76. The fourth-order valence-electron chi connectivity index (χ4n) is 2.25. The maximum absolute atomic E-state index is 11.4. The minimum atomic E-state index is 0.299. The van der Waals surface area contributed by atoms with Gasteiger partial charge in [-0.05, 0) is 19.8 Å². The van der Waals surface area contributed by atoms with Crippen LogP contribution in [0.2, 0.25) is 0 Å². The molecule has 1 atom stereocenters. The molecule has 1 unspecified atom stereocenters. The van der Waals surface area contributed by atoms with Crippen LogP contribution in [-0.2, 0) is 4.79 Å². The number of Topliss-reactive ketones (excluding diaryl/α,β-unsaturated/α-hetero) is 1. The molecule has 0 aromatic rings. The zero-order valence-corrected chi connectivity index (χ0v) is 7.18. The third kappa shape index (κ3) is 0.800. The summed E-state index contributed by atoms with van der Waals surface area (Å²) in [7, 11) is 0. The highest BCUT2D eigenvalue weighted by atomic mass is 16.1. The molecular weight excluding hydrogens is 136 g/mol. The van der Waals surface area contributed by atoms with Gasteiger partial charge in [0.25, 0.3) is 0 Å². The van der Waals surface area contributed by atoms with Gasteiger partial charge in [-0.25, -0.2) is 0 Å². The Morgan fingerprint density at radius 1 is 1.55 bits per heavy atom. The van der Waals surface area contributed by atoms with Crippen molar-refractivity contribution in [2.75, 3.05) is 0 Å². The van der Waals surface area contributed by atoms with E-state index in [4.69, 9.17) is 0 Å². The maximum atomic E-state index is 11.4. The third-order valence-electron chi connectivity index (χ3n) is 3.50. The molecule has 0 radical (unpaired) electrons. The van der Waals surface area contributed by atoms with Crippen molar-refractivity contribution < 1.29 is 4.79 Å². The molecule has 2 rings (SSSR count). The zero-order chi connectivity index (χ0) is 8.06. The maximum Gasteiger partial charge on any atom is 0.140 e. The zero-order valence-electron chi connectivity index (χ0n) is 7.18. The Balaban J connectivity index is 2.35. The lowest BCUT2D eigenvalue weighted by molar-refractivity contribution is -0.123. The molecule has 0 heterocycles. The highest BCUT2D eigenvalue weighted by Gasteiger charge is 2.52. The molecule has 0 aliphatic heterocycles. The van der Waals surface area contributed by atoms with E-state index in [0.717, 1.165) is 0 Å². The van der Waals surface area contributed by atoms with Crippen LogP contribution in [0, 0.1) is 11.3 Å². The summed E-state index contributed by atoms with van der Waals surface area (Å²) in [5.41, 5.74) is 1.79. The van der Waals surface area contributed by atoms with Crippen molar-refractivity contribution in [3.05, 3.63) is 11.6 Å². The first-order valence-electron chi connectivity index (χ1n) is 4.37. The van der Waals surface area contributed by atoms with E-state index >= 15 is 0 Å². The van der Waals surface area contributed by atoms with Crippen LogP contribution < -0.4 is 0 Å². The minimum absolute atomic E-state index is 0.299. The summed E-state index contributed by atoms with van der Waals surface area (Å²) in [4.78, 5) is 11.4. The average molecular weight is 150 g/mol. The number of hydrogen-bond acceptors (Lipinski definition) is 1. The Labute approximate surface area is 67.5 Å². The van der Waals surface area contributed by atoms with Gasteiger partial charge >= 0.3 is 0 Å². The minimum Gasteiger partial charge on any atom is -0.299 e. The van der Waals surface area contributed by atoms with E-state index in [2.05, 4.69) is 19.9 Å². The predicted octanol–water partition coefficient (Wildman–Crippen LogP) is 2.32. The van der Waals surface area contributed by atoms with Crippen molar-refractivity contribution in [3.63, 3.8) is 0 Å². The standard InChI is InChI=1S/C10H14O/c1-7-3-4-9(11)8(2)10(7)5-6-10/h3,8H,4-6H2,1-2H3. The number of hydrogen-bond donors (Lipinski definition) is 0. The molecule has 60 valence electrons. The molecule has 0 amide bonds. The average Bonchev–Trinajstić information content (AvgIpc) is 2.76. The van der Waals surface area contributed by atoms with E-state index in [-0.39, 0.29) is 0 Å². The molecule has 1 heteroatoms. The summed E-state index contributed by atoms with van der Waals surface area (Å²) in [6.45, 7) is 4.27. The fourth-order valence-corrected chi connectivity index (χ4v) is 2.25. The Morgan fingerprint density at radius 2 is 2.18 bits per heavy atom. The topological polar surface area (TPSA) is 17.1 Å². The molecular formula is C10H14O.